The Morgan fingerprint density at radius 3 is 2.27 bits per heavy atom. The molecule has 1 aliphatic heterocycles. The summed E-state index contributed by atoms with van der Waals surface area (Å²) in [6, 6.07) is 21.5. The first-order chi connectivity index (χ1) is 17.6. The van der Waals surface area contributed by atoms with Gasteiger partial charge in [-0.15, -0.1) is 0 Å². The molecule has 1 aliphatic rings. The summed E-state index contributed by atoms with van der Waals surface area (Å²) >= 11 is 15.9. The lowest BCUT2D eigenvalue weighted by atomic mass is 9.92. The van der Waals surface area contributed by atoms with E-state index < -0.39 is 15.6 Å². The highest BCUT2D eigenvalue weighted by Gasteiger charge is 2.51. The minimum Gasteiger partial charge on any atom is -0.284 e. The van der Waals surface area contributed by atoms with E-state index in [0.29, 0.717) is 15.7 Å². The minimum atomic E-state index is -4.04. The van der Waals surface area contributed by atoms with Crippen LogP contribution in [0.25, 0.3) is 0 Å². The van der Waals surface area contributed by atoms with Crippen molar-refractivity contribution in [2.45, 2.75) is 30.5 Å². The lowest BCUT2D eigenvalue weighted by molar-refractivity contribution is -0.124. The van der Waals surface area contributed by atoms with Crippen molar-refractivity contribution in [1.82, 2.24) is 14.3 Å². The number of hydrogen-bond acceptors (Lipinski definition) is 4. The molecule has 190 valence electrons. The highest BCUT2D eigenvalue weighted by molar-refractivity contribution is 9.10. The van der Waals surface area contributed by atoms with Crippen LogP contribution in [0.15, 0.2) is 88.5 Å². The number of nitrogens with zero attached hydrogens (tertiary/aromatic N) is 3. The second-order valence-electron chi connectivity index (χ2n) is 8.89. The topological polar surface area (TPSA) is 84.3 Å². The van der Waals surface area contributed by atoms with E-state index in [9.17, 15) is 13.2 Å². The van der Waals surface area contributed by atoms with Crippen LogP contribution in [0.5, 0.6) is 0 Å². The number of anilines is 2. The standard InChI is InChI=1S/C26H21BrCl2N4O3S/c1-26(14-17-7-9-19(27)10-8-17)24(34)32(22-12-20(28)11-21(29)13-22)25-30-16-23(33(25)26)37(35,36)31-15-18-5-3-2-4-6-18/h2-13,16,31H,14-15H2,1H3. The van der Waals surface area contributed by atoms with E-state index in [1.54, 1.807) is 25.1 Å². The minimum absolute atomic E-state index is 0.0919. The number of rotatable bonds is 7. The van der Waals surface area contributed by atoms with E-state index in [-0.39, 0.29) is 29.8 Å². The Labute approximate surface area is 233 Å². The van der Waals surface area contributed by atoms with Gasteiger partial charge in [0.25, 0.3) is 15.9 Å². The van der Waals surface area contributed by atoms with E-state index in [4.69, 9.17) is 23.2 Å². The van der Waals surface area contributed by atoms with Crippen molar-refractivity contribution in [3.05, 3.63) is 105 Å². The number of halogens is 3. The number of benzene rings is 3. The molecule has 1 atom stereocenters. The van der Waals surface area contributed by atoms with Crippen molar-refractivity contribution in [2.75, 3.05) is 4.90 Å². The first-order valence-corrected chi connectivity index (χ1v) is 14.3. The summed E-state index contributed by atoms with van der Waals surface area (Å²) in [7, 11) is -4.04. The van der Waals surface area contributed by atoms with Crippen molar-refractivity contribution in [2.24, 2.45) is 0 Å². The van der Waals surface area contributed by atoms with Crippen molar-refractivity contribution in [3.63, 3.8) is 0 Å². The van der Waals surface area contributed by atoms with Gasteiger partial charge in [-0.3, -0.25) is 9.36 Å². The molecule has 3 aromatic carbocycles. The molecule has 0 aliphatic carbocycles. The van der Waals surface area contributed by atoms with Crippen LogP contribution >= 0.6 is 39.1 Å². The van der Waals surface area contributed by atoms with Gasteiger partial charge in [0.2, 0.25) is 5.95 Å². The molecular weight excluding hydrogens is 599 g/mol. The van der Waals surface area contributed by atoms with E-state index >= 15 is 0 Å². The van der Waals surface area contributed by atoms with Gasteiger partial charge in [-0.25, -0.2) is 23.0 Å². The zero-order valence-corrected chi connectivity index (χ0v) is 23.4. The molecule has 1 N–H and O–H groups in total. The van der Waals surface area contributed by atoms with E-state index in [2.05, 4.69) is 25.6 Å². The van der Waals surface area contributed by atoms with Crippen molar-refractivity contribution in [1.29, 1.82) is 0 Å². The Kier molecular flexibility index (Phi) is 6.93. The molecule has 11 heteroatoms. The number of amides is 1. The van der Waals surface area contributed by atoms with Crippen LogP contribution < -0.4 is 9.62 Å². The Morgan fingerprint density at radius 2 is 1.62 bits per heavy atom. The summed E-state index contributed by atoms with van der Waals surface area (Å²) in [6.45, 7) is 1.81. The van der Waals surface area contributed by atoms with Crippen LogP contribution in [-0.2, 0) is 33.3 Å². The summed E-state index contributed by atoms with van der Waals surface area (Å²) in [6.07, 6.45) is 1.50. The van der Waals surface area contributed by atoms with Crippen LogP contribution in [0.1, 0.15) is 18.1 Å². The fourth-order valence-electron chi connectivity index (χ4n) is 4.47. The van der Waals surface area contributed by atoms with Gasteiger partial charge in [0.05, 0.1) is 11.9 Å². The molecule has 0 radical (unpaired) electrons. The first kappa shape index (κ1) is 25.9. The third kappa shape index (κ3) is 4.94. The van der Waals surface area contributed by atoms with Gasteiger partial charge in [-0.2, -0.15) is 0 Å². The number of fused-ring (bicyclic) bond motifs is 1. The average molecular weight is 620 g/mol. The van der Waals surface area contributed by atoms with Crippen LogP contribution in [0.4, 0.5) is 11.6 Å². The molecule has 1 unspecified atom stereocenters. The maximum Gasteiger partial charge on any atom is 0.260 e. The summed E-state index contributed by atoms with van der Waals surface area (Å²) in [5.41, 5.74) is 0.752. The molecule has 0 spiro atoms. The maximum atomic E-state index is 14.1. The second kappa shape index (κ2) is 9.89. The second-order valence-corrected chi connectivity index (χ2v) is 12.4. The number of sulfonamides is 1. The lowest BCUT2D eigenvalue weighted by Crippen LogP contribution is -2.42. The van der Waals surface area contributed by atoms with Gasteiger partial charge in [0.15, 0.2) is 5.03 Å². The Balaban J connectivity index is 1.62. The quantitative estimate of drug-likeness (QED) is 0.272. The predicted octanol–water partition coefficient (Wildman–Crippen LogP) is 6.07. The zero-order valence-electron chi connectivity index (χ0n) is 19.5. The first-order valence-electron chi connectivity index (χ1n) is 11.3. The Morgan fingerprint density at radius 1 is 0.973 bits per heavy atom. The largest absolute Gasteiger partial charge is 0.284 e. The molecule has 0 saturated heterocycles. The molecule has 0 saturated carbocycles. The molecule has 37 heavy (non-hydrogen) atoms. The van der Waals surface area contributed by atoms with Crippen molar-refractivity contribution >= 4 is 66.7 Å². The van der Waals surface area contributed by atoms with E-state index in [0.717, 1.165) is 15.6 Å². The maximum absolute atomic E-state index is 14.1. The van der Waals surface area contributed by atoms with Crippen LogP contribution in [-0.4, -0.2) is 23.9 Å². The summed E-state index contributed by atoms with van der Waals surface area (Å²) in [4.78, 5) is 19.8. The molecular formula is C26H21BrCl2N4O3S. The van der Waals surface area contributed by atoms with Gasteiger partial charge in [-0.05, 0) is 48.4 Å². The molecule has 0 fully saturated rings. The number of imidazole rings is 1. The molecule has 1 amide bonds. The molecule has 0 bridgehead atoms. The highest BCUT2D eigenvalue weighted by atomic mass is 79.9. The number of carbonyl (C=O) groups is 1. The predicted molar refractivity (Wildman–Crippen MR) is 148 cm³/mol. The molecule has 2 heterocycles. The summed E-state index contributed by atoms with van der Waals surface area (Å²) < 4.78 is 32.1. The Bertz CT molecular complexity index is 1570. The van der Waals surface area contributed by atoms with Gasteiger partial charge < -0.3 is 0 Å². The fourth-order valence-corrected chi connectivity index (χ4v) is 6.47. The number of hydrogen-bond donors (Lipinski definition) is 1. The number of aromatic nitrogens is 2. The molecule has 7 nitrogen and oxygen atoms in total. The van der Waals surface area contributed by atoms with Gasteiger partial charge >= 0.3 is 0 Å². The van der Waals surface area contributed by atoms with E-state index in [1.165, 1.54) is 15.7 Å². The Hall–Kier alpha value is -2.69. The third-order valence-corrected chi connectivity index (χ3v) is 8.55. The molecule has 1 aromatic heterocycles. The lowest BCUT2D eigenvalue weighted by Gasteiger charge is -2.26. The van der Waals surface area contributed by atoms with Gasteiger partial charge in [-0.1, -0.05) is 81.6 Å². The summed E-state index contributed by atoms with van der Waals surface area (Å²) in [5, 5.41) is 0.571. The average Bonchev–Trinajstić information content (AvgIpc) is 3.38. The van der Waals surface area contributed by atoms with Gasteiger partial charge in [0.1, 0.15) is 5.54 Å². The van der Waals surface area contributed by atoms with Gasteiger partial charge in [0, 0.05) is 27.5 Å². The highest BCUT2D eigenvalue weighted by Crippen LogP contribution is 2.44. The van der Waals surface area contributed by atoms with Crippen LogP contribution in [0, 0.1) is 0 Å². The molecule has 5 rings (SSSR count). The van der Waals surface area contributed by atoms with Crippen molar-refractivity contribution < 1.29 is 13.2 Å². The third-order valence-electron chi connectivity index (χ3n) is 6.22. The summed E-state index contributed by atoms with van der Waals surface area (Å²) in [5.74, 6) is -0.181. The number of carbonyl (C=O) groups excluding carboxylic acids is 1. The van der Waals surface area contributed by atoms with Crippen LogP contribution in [0.2, 0.25) is 10.0 Å². The van der Waals surface area contributed by atoms with E-state index in [1.807, 2.05) is 54.6 Å². The fraction of sp³-hybridized carbons (Fsp3) is 0.154. The molecule has 4 aromatic rings. The van der Waals surface area contributed by atoms with Crippen molar-refractivity contribution in [3.8, 4) is 0 Å². The van der Waals surface area contributed by atoms with Crippen LogP contribution in [0.3, 0.4) is 0 Å². The SMILES string of the molecule is CC1(Cc2ccc(Br)cc2)C(=O)N(c2cc(Cl)cc(Cl)c2)c2ncc(S(=O)(=O)NCc3ccccc3)n21. The zero-order chi connectivity index (χ0) is 26.4. The smallest absolute Gasteiger partial charge is 0.260 e. The number of nitrogens with one attached hydrogen (secondary N) is 1. The monoisotopic (exact) mass is 618 g/mol. The normalized spacial score (nSPS) is 17.3.